The Bertz CT molecular complexity index is 430. The van der Waals surface area contributed by atoms with E-state index < -0.39 is 10.8 Å². The standard InChI is InChI=1S/C14H21NOS/c1-10-4-3-5-12(8-10)17(16)14-9-11(2)6-7-13(14)15/h6-7,9-10,12H,3-5,8,15H2,1-2H3. The Balaban J connectivity index is 2.21. The van der Waals surface area contributed by atoms with Crippen LogP contribution in [0.5, 0.6) is 0 Å². The van der Waals surface area contributed by atoms with Crippen LogP contribution < -0.4 is 5.73 Å². The van der Waals surface area contributed by atoms with Crippen LogP contribution in [0.1, 0.15) is 38.2 Å². The molecule has 1 saturated carbocycles. The molecule has 0 spiro atoms. The molecular formula is C14H21NOS. The number of nitrogens with two attached hydrogens (primary N) is 1. The largest absolute Gasteiger partial charge is 0.398 e. The molecule has 0 heterocycles. The van der Waals surface area contributed by atoms with Gasteiger partial charge in [0.2, 0.25) is 0 Å². The highest BCUT2D eigenvalue weighted by Crippen LogP contribution is 2.31. The fourth-order valence-electron chi connectivity index (χ4n) is 2.57. The highest BCUT2D eigenvalue weighted by molar-refractivity contribution is 7.85. The SMILES string of the molecule is Cc1ccc(N)c(S(=O)C2CCCC(C)C2)c1. The summed E-state index contributed by atoms with van der Waals surface area (Å²) < 4.78 is 12.5. The summed E-state index contributed by atoms with van der Waals surface area (Å²) in [4.78, 5) is 0.837. The molecular weight excluding hydrogens is 230 g/mol. The van der Waals surface area contributed by atoms with Gasteiger partial charge in [-0.15, -0.1) is 0 Å². The normalized spacial score (nSPS) is 26.7. The maximum atomic E-state index is 12.5. The van der Waals surface area contributed by atoms with Gasteiger partial charge in [-0.3, -0.25) is 4.21 Å². The van der Waals surface area contributed by atoms with E-state index in [1.807, 2.05) is 25.1 Å². The third-order valence-electron chi connectivity index (χ3n) is 3.58. The summed E-state index contributed by atoms with van der Waals surface area (Å²) >= 11 is 0. The lowest BCUT2D eigenvalue weighted by Crippen LogP contribution is -2.23. The third-order valence-corrected chi connectivity index (χ3v) is 5.40. The second-order valence-electron chi connectivity index (χ2n) is 5.23. The summed E-state index contributed by atoms with van der Waals surface area (Å²) in [7, 11) is -0.937. The van der Waals surface area contributed by atoms with Crippen LogP contribution in [-0.4, -0.2) is 9.46 Å². The lowest BCUT2D eigenvalue weighted by Gasteiger charge is -2.26. The van der Waals surface area contributed by atoms with E-state index >= 15 is 0 Å². The van der Waals surface area contributed by atoms with Crippen molar-refractivity contribution in [2.45, 2.75) is 49.7 Å². The van der Waals surface area contributed by atoms with Crippen LogP contribution >= 0.6 is 0 Å². The van der Waals surface area contributed by atoms with Crippen molar-refractivity contribution in [1.29, 1.82) is 0 Å². The van der Waals surface area contributed by atoms with E-state index in [9.17, 15) is 4.21 Å². The van der Waals surface area contributed by atoms with Gasteiger partial charge >= 0.3 is 0 Å². The summed E-state index contributed by atoms with van der Waals surface area (Å²) in [5.41, 5.74) is 7.74. The Labute approximate surface area is 106 Å². The van der Waals surface area contributed by atoms with E-state index in [2.05, 4.69) is 6.92 Å². The van der Waals surface area contributed by atoms with Gasteiger partial charge in [-0.05, 0) is 43.4 Å². The number of nitrogen functional groups attached to an aromatic ring is 1. The molecule has 0 aliphatic heterocycles. The molecule has 17 heavy (non-hydrogen) atoms. The van der Waals surface area contributed by atoms with Gasteiger partial charge in [-0.2, -0.15) is 0 Å². The van der Waals surface area contributed by atoms with Gasteiger partial charge in [-0.1, -0.05) is 25.8 Å². The zero-order valence-corrected chi connectivity index (χ0v) is 11.4. The molecule has 94 valence electrons. The van der Waals surface area contributed by atoms with Gasteiger partial charge in [0.1, 0.15) is 0 Å². The molecule has 3 atom stereocenters. The van der Waals surface area contributed by atoms with Gasteiger partial charge in [-0.25, -0.2) is 0 Å². The second kappa shape index (κ2) is 5.21. The number of hydrogen-bond donors (Lipinski definition) is 1. The van der Waals surface area contributed by atoms with E-state index in [4.69, 9.17) is 5.73 Å². The highest BCUT2D eigenvalue weighted by atomic mass is 32.2. The molecule has 1 aliphatic rings. The van der Waals surface area contributed by atoms with Crippen LogP contribution in [0.3, 0.4) is 0 Å². The molecule has 0 aromatic heterocycles. The number of hydrogen-bond acceptors (Lipinski definition) is 2. The molecule has 3 unspecified atom stereocenters. The van der Waals surface area contributed by atoms with Crippen molar-refractivity contribution >= 4 is 16.5 Å². The molecule has 0 saturated heterocycles. The number of benzene rings is 1. The van der Waals surface area contributed by atoms with Crippen molar-refractivity contribution in [3.63, 3.8) is 0 Å². The van der Waals surface area contributed by atoms with E-state index in [-0.39, 0.29) is 0 Å². The van der Waals surface area contributed by atoms with Crippen molar-refractivity contribution < 1.29 is 4.21 Å². The average molecular weight is 251 g/mol. The first-order valence-electron chi connectivity index (χ1n) is 6.34. The molecule has 1 aromatic carbocycles. The molecule has 0 bridgehead atoms. The maximum absolute atomic E-state index is 12.5. The van der Waals surface area contributed by atoms with E-state index in [0.29, 0.717) is 16.9 Å². The zero-order valence-electron chi connectivity index (χ0n) is 10.6. The van der Waals surface area contributed by atoms with Crippen LogP contribution in [0.25, 0.3) is 0 Å². The summed E-state index contributed by atoms with van der Waals surface area (Å²) in [6.45, 7) is 4.27. The van der Waals surface area contributed by atoms with E-state index in [1.54, 1.807) is 0 Å². The lowest BCUT2D eigenvalue weighted by atomic mass is 9.91. The summed E-state index contributed by atoms with van der Waals surface area (Å²) in [6, 6.07) is 5.82. The smallest absolute Gasteiger partial charge is 0.0622 e. The monoisotopic (exact) mass is 251 g/mol. The van der Waals surface area contributed by atoms with Crippen molar-refractivity contribution in [3.05, 3.63) is 23.8 Å². The number of anilines is 1. The molecule has 3 heteroatoms. The van der Waals surface area contributed by atoms with Crippen LogP contribution in [0.15, 0.2) is 23.1 Å². The van der Waals surface area contributed by atoms with Crippen LogP contribution in [0.2, 0.25) is 0 Å². The van der Waals surface area contributed by atoms with E-state index in [0.717, 1.165) is 23.3 Å². The van der Waals surface area contributed by atoms with Crippen molar-refractivity contribution in [3.8, 4) is 0 Å². The minimum atomic E-state index is -0.937. The van der Waals surface area contributed by atoms with Crippen molar-refractivity contribution in [2.75, 3.05) is 5.73 Å². The van der Waals surface area contributed by atoms with Gasteiger partial charge in [0.25, 0.3) is 0 Å². The molecule has 1 aromatic rings. The Kier molecular flexibility index (Phi) is 3.87. The van der Waals surface area contributed by atoms with Crippen LogP contribution in [0.4, 0.5) is 5.69 Å². The van der Waals surface area contributed by atoms with Crippen molar-refractivity contribution in [1.82, 2.24) is 0 Å². The highest BCUT2D eigenvalue weighted by Gasteiger charge is 2.25. The first-order chi connectivity index (χ1) is 8.08. The third kappa shape index (κ3) is 2.89. The van der Waals surface area contributed by atoms with Crippen molar-refractivity contribution in [2.24, 2.45) is 5.92 Å². The van der Waals surface area contributed by atoms with Gasteiger partial charge in [0.05, 0.1) is 15.7 Å². The Morgan fingerprint density at radius 1 is 1.35 bits per heavy atom. The molecule has 2 nitrogen and oxygen atoms in total. The Morgan fingerprint density at radius 3 is 2.82 bits per heavy atom. The maximum Gasteiger partial charge on any atom is 0.0622 e. The van der Waals surface area contributed by atoms with E-state index in [1.165, 1.54) is 12.8 Å². The van der Waals surface area contributed by atoms with Crippen LogP contribution in [0, 0.1) is 12.8 Å². The van der Waals surface area contributed by atoms with Gasteiger partial charge in [0, 0.05) is 10.9 Å². The fraction of sp³-hybridized carbons (Fsp3) is 0.571. The first-order valence-corrected chi connectivity index (χ1v) is 7.56. The summed E-state index contributed by atoms with van der Waals surface area (Å²) in [5.74, 6) is 0.698. The van der Waals surface area contributed by atoms with Gasteiger partial charge < -0.3 is 5.73 Å². The minimum absolute atomic E-state index is 0.294. The zero-order chi connectivity index (χ0) is 12.4. The molecule has 1 fully saturated rings. The molecule has 2 N–H and O–H groups in total. The second-order valence-corrected chi connectivity index (χ2v) is 6.93. The summed E-state index contributed by atoms with van der Waals surface area (Å²) in [6.07, 6.45) is 4.62. The predicted octanol–water partition coefficient (Wildman–Crippen LogP) is 3.26. The minimum Gasteiger partial charge on any atom is -0.398 e. The molecule has 0 radical (unpaired) electrons. The molecule has 0 amide bonds. The predicted molar refractivity (Wildman–Crippen MR) is 73.4 cm³/mol. The van der Waals surface area contributed by atoms with Crippen LogP contribution in [-0.2, 0) is 10.8 Å². The number of aryl methyl sites for hydroxylation is 1. The fourth-order valence-corrected chi connectivity index (χ4v) is 4.41. The quantitative estimate of drug-likeness (QED) is 0.820. The summed E-state index contributed by atoms with van der Waals surface area (Å²) in [5, 5.41) is 0.294. The first kappa shape index (κ1) is 12.6. The Morgan fingerprint density at radius 2 is 2.12 bits per heavy atom. The average Bonchev–Trinajstić information content (AvgIpc) is 2.31. The topological polar surface area (TPSA) is 43.1 Å². The lowest BCUT2D eigenvalue weighted by molar-refractivity contribution is 0.389. The molecule has 2 rings (SSSR count). The number of rotatable bonds is 2. The Hall–Kier alpha value is -0.830. The van der Waals surface area contributed by atoms with Gasteiger partial charge in [0.15, 0.2) is 0 Å². The molecule has 1 aliphatic carbocycles.